The van der Waals surface area contributed by atoms with E-state index in [4.69, 9.17) is 0 Å². The number of hydrogen-bond acceptors (Lipinski definition) is 3. The van der Waals surface area contributed by atoms with Crippen molar-refractivity contribution in [1.82, 2.24) is 20.4 Å². The fraction of sp³-hybridized carbons (Fsp3) is 0.391. The van der Waals surface area contributed by atoms with Crippen LogP contribution in [0.1, 0.15) is 34.0 Å². The Morgan fingerprint density at radius 1 is 0.931 bits per heavy atom. The molecule has 6 heteroatoms. The van der Waals surface area contributed by atoms with Crippen LogP contribution in [-0.2, 0) is 19.6 Å². The Labute approximate surface area is 174 Å². The number of guanidine groups is 1. The second-order valence-corrected chi connectivity index (χ2v) is 7.33. The maximum absolute atomic E-state index is 12.0. The van der Waals surface area contributed by atoms with Gasteiger partial charge < -0.3 is 20.4 Å². The summed E-state index contributed by atoms with van der Waals surface area (Å²) >= 11 is 0. The molecule has 2 N–H and O–H groups in total. The number of benzene rings is 2. The molecule has 1 amide bonds. The molecular weight excluding hydrogens is 362 g/mol. The minimum atomic E-state index is 0.00865. The average Bonchev–Trinajstić information content (AvgIpc) is 2.73. The van der Waals surface area contributed by atoms with Crippen molar-refractivity contribution < 1.29 is 4.79 Å². The fourth-order valence-corrected chi connectivity index (χ4v) is 2.88. The van der Waals surface area contributed by atoms with Gasteiger partial charge in [0.05, 0.1) is 0 Å². The summed E-state index contributed by atoms with van der Waals surface area (Å²) in [5.74, 6) is 0.754. The molecule has 0 spiro atoms. The third kappa shape index (κ3) is 7.23. The van der Waals surface area contributed by atoms with Gasteiger partial charge in [0, 0.05) is 46.3 Å². The van der Waals surface area contributed by atoms with Crippen LogP contribution in [0.2, 0.25) is 0 Å². The quantitative estimate of drug-likeness (QED) is 0.533. The van der Waals surface area contributed by atoms with E-state index in [1.807, 2.05) is 24.3 Å². The normalized spacial score (nSPS) is 11.4. The molecule has 0 bridgehead atoms. The SMILES string of the molecule is CCN(C)Cc1cccc(CNC(=NC)NCc2ccc(C(=O)N(C)C)cc2)c1. The Balaban J connectivity index is 1.87. The molecule has 0 radical (unpaired) electrons. The zero-order chi connectivity index (χ0) is 21.2. The van der Waals surface area contributed by atoms with E-state index in [1.165, 1.54) is 11.1 Å². The summed E-state index contributed by atoms with van der Waals surface area (Å²) < 4.78 is 0. The molecule has 2 rings (SSSR count). The van der Waals surface area contributed by atoms with Crippen molar-refractivity contribution in [3.05, 3.63) is 70.8 Å². The second-order valence-electron chi connectivity index (χ2n) is 7.33. The van der Waals surface area contributed by atoms with Gasteiger partial charge in [-0.25, -0.2) is 0 Å². The molecule has 0 atom stereocenters. The summed E-state index contributed by atoms with van der Waals surface area (Å²) in [6.07, 6.45) is 0. The molecule has 6 nitrogen and oxygen atoms in total. The molecule has 0 unspecified atom stereocenters. The van der Waals surface area contributed by atoms with Crippen LogP contribution >= 0.6 is 0 Å². The lowest BCUT2D eigenvalue weighted by Crippen LogP contribution is -2.36. The Morgan fingerprint density at radius 2 is 1.55 bits per heavy atom. The van der Waals surface area contributed by atoms with Gasteiger partial charge in [0.15, 0.2) is 5.96 Å². The lowest BCUT2D eigenvalue weighted by Gasteiger charge is -2.15. The molecular formula is C23H33N5O. The summed E-state index contributed by atoms with van der Waals surface area (Å²) in [5.41, 5.74) is 4.31. The van der Waals surface area contributed by atoms with Crippen LogP contribution in [0, 0.1) is 0 Å². The zero-order valence-electron chi connectivity index (χ0n) is 18.2. The number of rotatable bonds is 8. The molecule has 0 aliphatic rings. The molecule has 0 heterocycles. The first-order chi connectivity index (χ1) is 13.9. The van der Waals surface area contributed by atoms with Crippen molar-refractivity contribution in [2.45, 2.75) is 26.6 Å². The fourth-order valence-electron chi connectivity index (χ4n) is 2.88. The van der Waals surface area contributed by atoms with E-state index >= 15 is 0 Å². The average molecular weight is 396 g/mol. The molecule has 2 aromatic carbocycles. The first-order valence-corrected chi connectivity index (χ1v) is 9.94. The van der Waals surface area contributed by atoms with Gasteiger partial charge in [-0.05, 0) is 42.4 Å². The minimum absolute atomic E-state index is 0.00865. The van der Waals surface area contributed by atoms with Crippen molar-refractivity contribution in [3.63, 3.8) is 0 Å². The molecule has 0 aromatic heterocycles. The first kappa shape index (κ1) is 22.4. The topological polar surface area (TPSA) is 60.0 Å². The minimum Gasteiger partial charge on any atom is -0.352 e. The number of hydrogen-bond donors (Lipinski definition) is 2. The third-order valence-electron chi connectivity index (χ3n) is 4.73. The van der Waals surface area contributed by atoms with Crippen LogP contribution in [0.15, 0.2) is 53.5 Å². The third-order valence-corrected chi connectivity index (χ3v) is 4.73. The van der Waals surface area contributed by atoms with Crippen molar-refractivity contribution in [1.29, 1.82) is 0 Å². The summed E-state index contributed by atoms with van der Waals surface area (Å²) in [7, 11) is 7.40. The number of carbonyl (C=O) groups excluding carboxylic acids is 1. The summed E-state index contributed by atoms with van der Waals surface area (Å²) in [6.45, 7) is 5.48. The Hall–Kier alpha value is -2.86. The largest absolute Gasteiger partial charge is 0.352 e. The van der Waals surface area contributed by atoms with Gasteiger partial charge in [0.1, 0.15) is 0 Å². The standard InChI is InChI=1S/C23H33N5O/c1-6-28(5)17-20-9-7-8-19(14-20)16-26-23(24-2)25-15-18-10-12-21(13-11-18)22(29)27(3)4/h7-14H,6,15-17H2,1-5H3,(H2,24,25,26). The van der Waals surface area contributed by atoms with Gasteiger partial charge in [-0.2, -0.15) is 0 Å². The van der Waals surface area contributed by atoms with E-state index in [0.717, 1.165) is 24.6 Å². The first-order valence-electron chi connectivity index (χ1n) is 9.94. The summed E-state index contributed by atoms with van der Waals surface area (Å²) in [6, 6.07) is 16.2. The van der Waals surface area contributed by atoms with E-state index < -0.39 is 0 Å². The van der Waals surface area contributed by atoms with Crippen LogP contribution in [0.3, 0.4) is 0 Å². The van der Waals surface area contributed by atoms with Gasteiger partial charge in [-0.1, -0.05) is 43.3 Å². The van der Waals surface area contributed by atoms with Crippen LogP contribution in [0.25, 0.3) is 0 Å². The number of aliphatic imine (C=N–C) groups is 1. The maximum atomic E-state index is 12.0. The Morgan fingerprint density at radius 3 is 2.14 bits per heavy atom. The summed E-state index contributed by atoms with van der Waals surface area (Å²) in [5, 5.41) is 6.68. The molecule has 2 aromatic rings. The number of amides is 1. The molecule has 156 valence electrons. The van der Waals surface area contributed by atoms with E-state index in [9.17, 15) is 4.79 Å². The number of nitrogens with zero attached hydrogens (tertiary/aromatic N) is 3. The number of nitrogens with one attached hydrogen (secondary N) is 2. The van der Waals surface area contributed by atoms with Crippen molar-refractivity contribution in [2.75, 3.05) is 34.7 Å². The van der Waals surface area contributed by atoms with Crippen LogP contribution in [0.4, 0.5) is 0 Å². The van der Waals surface area contributed by atoms with Crippen LogP contribution in [0.5, 0.6) is 0 Å². The molecule has 0 aliphatic carbocycles. The molecule has 0 aliphatic heterocycles. The van der Waals surface area contributed by atoms with Gasteiger partial charge >= 0.3 is 0 Å². The predicted octanol–water partition coefficient (Wildman–Crippen LogP) is 2.71. The molecule has 0 saturated carbocycles. The Bertz CT molecular complexity index is 814. The molecule has 29 heavy (non-hydrogen) atoms. The van der Waals surface area contributed by atoms with Gasteiger partial charge in [0.2, 0.25) is 0 Å². The Kier molecular flexibility index (Phi) is 8.68. The van der Waals surface area contributed by atoms with E-state index in [1.54, 1.807) is 26.0 Å². The van der Waals surface area contributed by atoms with E-state index in [2.05, 4.69) is 58.8 Å². The molecule has 0 saturated heterocycles. The van der Waals surface area contributed by atoms with Gasteiger partial charge in [-0.3, -0.25) is 9.79 Å². The lowest BCUT2D eigenvalue weighted by atomic mass is 10.1. The maximum Gasteiger partial charge on any atom is 0.253 e. The zero-order valence-corrected chi connectivity index (χ0v) is 18.2. The van der Waals surface area contributed by atoms with Crippen molar-refractivity contribution in [2.24, 2.45) is 4.99 Å². The highest BCUT2D eigenvalue weighted by Gasteiger charge is 2.07. The highest BCUT2D eigenvalue weighted by Crippen LogP contribution is 2.08. The van der Waals surface area contributed by atoms with E-state index in [0.29, 0.717) is 18.7 Å². The number of carbonyl (C=O) groups is 1. The highest BCUT2D eigenvalue weighted by molar-refractivity contribution is 5.93. The van der Waals surface area contributed by atoms with Crippen molar-refractivity contribution >= 4 is 11.9 Å². The monoisotopic (exact) mass is 395 g/mol. The predicted molar refractivity (Wildman–Crippen MR) is 120 cm³/mol. The van der Waals surface area contributed by atoms with Crippen LogP contribution in [-0.4, -0.2) is 56.4 Å². The van der Waals surface area contributed by atoms with Gasteiger partial charge in [0.25, 0.3) is 5.91 Å². The smallest absolute Gasteiger partial charge is 0.253 e. The second kappa shape index (κ2) is 11.2. The van der Waals surface area contributed by atoms with Crippen LogP contribution < -0.4 is 10.6 Å². The lowest BCUT2D eigenvalue weighted by molar-refractivity contribution is 0.0827. The highest BCUT2D eigenvalue weighted by atomic mass is 16.2. The van der Waals surface area contributed by atoms with Gasteiger partial charge in [-0.15, -0.1) is 0 Å². The van der Waals surface area contributed by atoms with Crippen molar-refractivity contribution in [3.8, 4) is 0 Å². The van der Waals surface area contributed by atoms with E-state index in [-0.39, 0.29) is 5.91 Å². The summed E-state index contributed by atoms with van der Waals surface area (Å²) in [4.78, 5) is 20.1. The molecule has 0 fully saturated rings.